The second-order valence-corrected chi connectivity index (χ2v) is 8.83. The van der Waals surface area contributed by atoms with E-state index in [1.165, 1.54) is 22.9 Å². The Morgan fingerprint density at radius 3 is 2.70 bits per heavy atom. The first-order chi connectivity index (χ1) is 17.7. The van der Waals surface area contributed by atoms with Crippen LogP contribution >= 0.6 is 11.6 Å². The van der Waals surface area contributed by atoms with E-state index in [0.717, 1.165) is 21.6 Å². The molecular formula is C25H18ClFN8O2. The molecular weight excluding hydrogens is 499 g/mol. The minimum Gasteiger partial charge on any atom is -0.324 e. The van der Waals surface area contributed by atoms with Gasteiger partial charge in [-0.3, -0.25) is 14.2 Å². The molecule has 184 valence electrons. The fourth-order valence-corrected chi connectivity index (χ4v) is 4.19. The molecule has 0 unspecified atom stereocenters. The van der Waals surface area contributed by atoms with Gasteiger partial charge in [0.1, 0.15) is 5.82 Å². The van der Waals surface area contributed by atoms with Crippen molar-refractivity contribution in [1.82, 2.24) is 28.9 Å². The van der Waals surface area contributed by atoms with E-state index in [0.29, 0.717) is 16.8 Å². The second kappa shape index (κ2) is 9.33. The average molecular weight is 517 g/mol. The third-order valence-electron chi connectivity index (χ3n) is 5.57. The first-order valence-corrected chi connectivity index (χ1v) is 11.3. The van der Waals surface area contributed by atoms with Gasteiger partial charge in [0, 0.05) is 24.8 Å². The van der Waals surface area contributed by atoms with E-state index in [1.807, 2.05) is 6.07 Å². The van der Waals surface area contributed by atoms with Crippen molar-refractivity contribution in [2.75, 3.05) is 5.32 Å². The number of hydrogen-bond acceptors (Lipinski definition) is 7. The molecule has 3 heterocycles. The third kappa shape index (κ3) is 4.70. The van der Waals surface area contributed by atoms with E-state index in [4.69, 9.17) is 11.6 Å². The van der Waals surface area contributed by atoms with Crippen molar-refractivity contribution < 1.29 is 4.39 Å². The molecule has 0 aliphatic rings. The molecule has 5 rings (SSSR count). The fourth-order valence-electron chi connectivity index (χ4n) is 3.99. The van der Waals surface area contributed by atoms with Crippen molar-refractivity contribution >= 4 is 34.1 Å². The first-order valence-electron chi connectivity index (χ1n) is 11.0. The summed E-state index contributed by atoms with van der Waals surface area (Å²) < 4.78 is 17.8. The molecule has 10 nitrogen and oxygen atoms in total. The zero-order valence-electron chi connectivity index (χ0n) is 19.6. The lowest BCUT2D eigenvalue weighted by Crippen LogP contribution is -2.41. The van der Waals surface area contributed by atoms with Crippen LogP contribution in [0.15, 0.2) is 64.6 Å². The molecule has 0 atom stereocenters. The van der Waals surface area contributed by atoms with E-state index in [2.05, 4.69) is 20.4 Å². The van der Waals surface area contributed by atoms with Crippen molar-refractivity contribution in [3.05, 3.63) is 103 Å². The Bertz CT molecular complexity index is 1850. The molecule has 0 saturated carbocycles. The number of aromatic nitrogens is 6. The Labute approximate surface area is 213 Å². The molecule has 12 heteroatoms. The Hall–Kier alpha value is -4.82. The van der Waals surface area contributed by atoms with Crippen LogP contribution in [0.2, 0.25) is 5.02 Å². The maximum Gasteiger partial charge on any atom is 0.359 e. The molecule has 0 aliphatic heterocycles. The quantitative estimate of drug-likeness (QED) is 0.379. The highest BCUT2D eigenvalue weighted by atomic mass is 35.5. The number of halogens is 2. The summed E-state index contributed by atoms with van der Waals surface area (Å²) >= 11 is 6.46. The predicted octanol–water partition coefficient (Wildman–Crippen LogP) is 3.44. The number of nitrogens with zero attached hydrogens (tertiary/aromatic N) is 7. The van der Waals surface area contributed by atoms with Crippen LogP contribution in [0.4, 0.5) is 16.0 Å². The van der Waals surface area contributed by atoms with Gasteiger partial charge in [0.2, 0.25) is 5.95 Å². The highest BCUT2D eigenvalue weighted by Crippen LogP contribution is 2.29. The van der Waals surface area contributed by atoms with Crippen molar-refractivity contribution in [2.24, 2.45) is 7.05 Å². The number of pyridine rings is 1. The largest absolute Gasteiger partial charge is 0.359 e. The van der Waals surface area contributed by atoms with Crippen LogP contribution in [0.3, 0.4) is 0 Å². The minimum absolute atomic E-state index is 0.0896. The molecule has 2 aromatic carbocycles. The van der Waals surface area contributed by atoms with Gasteiger partial charge in [-0.1, -0.05) is 11.6 Å². The molecule has 37 heavy (non-hydrogen) atoms. The molecule has 0 aliphatic carbocycles. The van der Waals surface area contributed by atoms with Gasteiger partial charge in [0.15, 0.2) is 0 Å². The Balaban J connectivity index is 1.70. The number of hydrogen-bond donors (Lipinski definition) is 1. The van der Waals surface area contributed by atoms with Crippen LogP contribution in [0, 0.1) is 24.1 Å². The van der Waals surface area contributed by atoms with Gasteiger partial charge in [-0.25, -0.2) is 18.5 Å². The fraction of sp³-hybridized carbons (Fsp3) is 0.120. The highest BCUT2D eigenvalue weighted by molar-refractivity contribution is 6.34. The van der Waals surface area contributed by atoms with Crippen LogP contribution in [0.25, 0.3) is 16.6 Å². The lowest BCUT2D eigenvalue weighted by molar-refractivity contribution is 0.617. The topological polar surface area (TPSA) is 123 Å². The maximum atomic E-state index is 14.2. The lowest BCUT2D eigenvalue weighted by Gasteiger charge is -2.16. The van der Waals surface area contributed by atoms with Gasteiger partial charge >= 0.3 is 11.4 Å². The second-order valence-electron chi connectivity index (χ2n) is 8.42. The third-order valence-corrected chi connectivity index (χ3v) is 5.88. The number of fused-ring (bicyclic) bond motifs is 1. The van der Waals surface area contributed by atoms with Crippen molar-refractivity contribution in [1.29, 1.82) is 5.26 Å². The van der Waals surface area contributed by atoms with Crippen LogP contribution in [0.1, 0.15) is 16.7 Å². The van der Waals surface area contributed by atoms with Gasteiger partial charge in [-0.2, -0.15) is 15.3 Å². The molecule has 0 saturated heterocycles. The Kier molecular flexibility index (Phi) is 6.02. The van der Waals surface area contributed by atoms with E-state index in [-0.39, 0.29) is 28.8 Å². The lowest BCUT2D eigenvalue weighted by atomic mass is 10.1. The van der Waals surface area contributed by atoms with Crippen molar-refractivity contribution in [2.45, 2.75) is 13.5 Å². The van der Waals surface area contributed by atoms with E-state index < -0.39 is 17.2 Å². The molecule has 0 spiro atoms. The molecule has 0 radical (unpaired) electrons. The Morgan fingerprint density at radius 1 is 1.14 bits per heavy atom. The zero-order chi connectivity index (χ0) is 26.3. The van der Waals surface area contributed by atoms with Crippen LogP contribution < -0.4 is 16.7 Å². The van der Waals surface area contributed by atoms with Crippen LogP contribution in [0.5, 0.6) is 0 Å². The summed E-state index contributed by atoms with van der Waals surface area (Å²) in [6.45, 7) is 1.59. The summed E-state index contributed by atoms with van der Waals surface area (Å²) in [6.07, 6.45) is 4.75. The van der Waals surface area contributed by atoms with Crippen molar-refractivity contribution in [3.63, 3.8) is 0 Å². The van der Waals surface area contributed by atoms with E-state index in [1.54, 1.807) is 49.2 Å². The number of rotatable bonds is 5. The van der Waals surface area contributed by atoms with Crippen LogP contribution in [-0.2, 0) is 13.6 Å². The SMILES string of the molecule is Cc1cncc(-n2c(=O)nc(Nc3cc4cn(C)nc4cc3Cl)n(Cc3cc(F)cc(C#N)c3)c2=O)c1. The molecule has 3 aromatic heterocycles. The monoisotopic (exact) mass is 516 g/mol. The molecule has 0 fully saturated rings. The highest BCUT2D eigenvalue weighted by Gasteiger charge is 2.18. The summed E-state index contributed by atoms with van der Waals surface area (Å²) in [7, 11) is 1.77. The smallest absolute Gasteiger partial charge is 0.324 e. The summed E-state index contributed by atoms with van der Waals surface area (Å²) in [5.74, 6) is -0.745. The number of aryl methyl sites for hydroxylation is 2. The predicted molar refractivity (Wildman–Crippen MR) is 136 cm³/mol. The summed E-state index contributed by atoms with van der Waals surface area (Å²) in [6, 6.07) is 10.6. The summed E-state index contributed by atoms with van der Waals surface area (Å²) in [4.78, 5) is 34.9. The van der Waals surface area contributed by atoms with E-state index >= 15 is 0 Å². The number of anilines is 2. The average Bonchev–Trinajstić information content (AvgIpc) is 3.20. The molecule has 1 N–H and O–H groups in total. The molecule has 0 bridgehead atoms. The number of nitriles is 1. The van der Waals surface area contributed by atoms with Gasteiger partial charge in [-0.05, 0) is 54.4 Å². The maximum absolute atomic E-state index is 14.2. The molecule has 5 aromatic rings. The zero-order valence-corrected chi connectivity index (χ0v) is 20.4. The van der Waals surface area contributed by atoms with E-state index in [9.17, 15) is 19.2 Å². The first kappa shape index (κ1) is 23.9. The standard InChI is InChI=1S/C25H18ClFN8O2/c1-14-3-19(11-29-10-14)35-24(36)31-23(30-22-7-17-13-33(2)32-21(17)8-20(22)26)34(25(35)37)12-16-4-15(9-28)5-18(27)6-16/h3-8,10-11,13H,12H2,1-2H3,(H,30,31,36). The van der Waals surface area contributed by atoms with Gasteiger partial charge in [-0.15, -0.1) is 0 Å². The van der Waals surface area contributed by atoms with Gasteiger partial charge < -0.3 is 5.32 Å². The summed E-state index contributed by atoms with van der Waals surface area (Å²) in [5.41, 5.74) is 0.843. The van der Waals surface area contributed by atoms with Crippen molar-refractivity contribution in [3.8, 4) is 11.8 Å². The van der Waals surface area contributed by atoms with Gasteiger partial charge in [0.25, 0.3) is 0 Å². The molecule has 0 amide bonds. The number of benzene rings is 2. The number of nitrogens with one attached hydrogen (secondary N) is 1. The minimum atomic E-state index is -0.841. The van der Waals surface area contributed by atoms with Crippen LogP contribution in [-0.4, -0.2) is 28.9 Å². The van der Waals surface area contributed by atoms with Gasteiger partial charge in [0.05, 0.1) is 46.3 Å². The Morgan fingerprint density at radius 2 is 1.95 bits per heavy atom. The normalized spacial score (nSPS) is 11.0. The summed E-state index contributed by atoms with van der Waals surface area (Å²) in [5, 5.41) is 17.6.